The molecule has 0 aliphatic carbocycles. The number of methoxy groups -OCH3 is 1. The minimum atomic E-state index is -1.31. The molecular formula is C23H32FN9O2. The van der Waals surface area contributed by atoms with Crippen molar-refractivity contribution in [3.63, 3.8) is 0 Å². The van der Waals surface area contributed by atoms with Crippen LogP contribution in [0.3, 0.4) is 0 Å². The number of ether oxygens (including phenoxy) is 1. The molecule has 0 saturated carbocycles. The lowest BCUT2D eigenvalue weighted by atomic mass is 9.98. The number of anilines is 6. The highest BCUT2D eigenvalue weighted by Crippen LogP contribution is 2.36. The molecule has 0 atom stereocenters. The minimum absolute atomic E-state index is 0.174. The summed E-state index contributed by atoms with van der Waals surface area (Å²) < 4.78 is 19.2. The van der Waals surface area contributed by atoms with E-state index in [2.05, 4.69) is 40.4 Å². The number of benzene rings is 1. The van der Waals surface area contributed by atoms with Gasteiger partial charge in [-0.25, -0.2) is 15.0 Å². The van der Waals surface area contributed by atoms with Crippen molar-refractivity contribution >= 4 is 34.6 Å². The molecule has 0 spiro atoms. The number of halogens is 1. The smallest absolute Gasteiger partial charge is 0.232 e. The van der Waals surface area contributed by atoms with Crippen LogP contribution in [-0.2, 0) is 5.60 Å². The molecule has 11 nitrogen and oxygen atoms in total. The summed E-state index contributed by atoms with van der Waals surface area (Å²) in [7, 11) is 7.57. The zero-order valence-electron chi connectivity index (χ0n) is 20.8. The van der Waals surface area contributed by atoms with Crippen LogP contribution >= 0.6 is 0 Å². The monoisotopic (exact) mass is 485 g/mol. The van der Waals surface area contributed by atoms with E-state index in [1.165, 1.54) is 12.5 Å². The van der Waals surface area contributed by atoms with Crippen molar-refractivity contribution in [2.24, 2.45) is 0 Å². The average molecular weight is 486 g/mol. The molecule has 3 aromatic rings. The maximum atomic E-state index is 13.7. The van der Waals surface area contributed by atoms with Gasteiger partial charge in [-0.05, 0) is 34.0 Å². The number of rotatable bonds is 10. The molecule has 12 heteroatoms. The van der Waals surface area contributed by atoms with Crippen molar-refractivity contribution in [1.29, 1.82) is 0 Å². The van der Waals surface area contributed by atoms with Gasteiger partial charge in [0.05, 0.1) is 41.7 Å². The summed E-state index contributed by atoms with van der Waals surface area (Å²) in [6, 6.07) is 4.77. The summed E-state index contributed by atoms with van der Waals surface area (Å²) in [5.41, 5.74) is 7.67. The van der Waals surface area contributed by atoms with Gasteiger partial charge in [0, 0.05) is 37.8 Å². The first-order valence-corrected chi connectivity index (χ1v) is 10.9. The molecule has 0 aliphatic heterocycles. The van der Waals surface area contributed by atoms with Gasteiger partial charge < -0.3 is 36.0 Å². The maximum Gasteiger partial charge on any atom is 0.232 e. The Morgan fingerprint density at radius 1 is 1.03 bits per heavy atom. The van der Waals surface area contributed by atoms with Crippen molar-refractivity contribution in [3.8, 4) is 5.75 Å². The summed E-state index contributed by atoms with van der Waals surface area (Å²) >= 11 is 0. The number of aliphatic hydroxyl groups is 1. The van der Waals surface area contributed by atoms with Crippen LogP contribution in [0.4, 0.5) is 39.0 Å². The molecule has 0 amide bonds. The first kappa shape index (κ1) is 25.8. The summed E-state index contributed by atoms with van der Waals surface area (Å²) in [6.45, 7) is 4.76. The molecule has 1 aromatic carbocycles. The average Bonchev–Trinajstić information content (AvgIpc) is 2.78. The van der Waals surface area contributed by atoms with Crippen LogP contribution in [0.1, 0.15) is 19.4 Å². The van der Waals surface area contributed by atoms with E-state index in [1.54, 1.807) is 27.0 Å². The summed E-state index contributed by atoms with van der Waals surface area (Å²) in [6.07, 6.45) is 2.59. The summed E-state index contributed by atoms with van der Waals surface area (Å²) in [5, 5.41) is 16.5. The lowest BCUT2D eigenvalue weighted by Gasteiger charge is -2.24. The second kappa shape index (κ2) is 10.7. The fourth-order valence-corrected chi connectivity index (χ4v) is 3.35. The van der Waals surface area contributed by atoms with Crippen LogP contribution in [0.15, 0.2) is 30.7 Å². The first-order valence-electron chi connectivity index (χ1n) is 10.9. The number of hydrogen-bond donors (Lipinski definition) is 4. The highest BCUT2D eigenvalue weighted by Gasteiger charge is 2.22. The standard InChI is InChI=1S/C23H32FN9O2/c1-23(2,34)14-9-20(24)26-12-17(14)30-22-28-13-27-21(31-22)29-16-10-15(25)18(11-19(16)35-6)33(5)8-7-32(3)4/h9-13,34H,7-8,25H2,1-6H3,(H2,27,28,29,30,31). The van der Waals surface area contributed by atoms with Crippen molar-refractivity contribution in [2.45, 2.75) is 19.4 Å². The van der Waals surface area contributed by atoms with E-state index >= 15 is 0 Å². The van der Waals surface area contributed by atoms with E-state index in [1.807, 2.05) is 27.2 Å². The number of nitrogens with one attached hydrogen (secondary N) is 2. The Balaban J connectivity index is 1.85. The Bertz CT molecular complexity index is 1170. The quantitative estimate of drug-likeness (QED) is 0.249. The number of aromatic nitrogens is 4. The van der Waals surface area contributed by atoms with Gasteiger partial charge in [0.2, 0.25) is 17.8 Å². The van der Waals surface area contributed by atoms with Gasteiger partial charge in [-0.1, -0.05) is 0 Å². The Labute approximate surface area is 204 Å². The highest BCUT2D eigenvalue weighted by molar-refractivity contribution is 5.79. The van der Waals surface area contributed by atoms with Crippen molar-refractivity contribution in [1.82, 2.24) is 24.8 Å². The molecule has 5 N–H and O–H groups in total. The topological polar surface area (TPSA) is 138 Å². The Kier molecular flexibility index (Phi) is 7.87. The third kappa shape index (κ3) is 6.64. The molecule has 0 bridgehead atoms. The number of nitrogens with zero attached hydrogens (tertiary/aromatic N) is 6. The van der Waals surface area contributed by atoms with Crippen LogP contribution in [0.25, 0.3) is 0 Å². The molecule has 2 aromatic heterocycles. The molecule has 0 radical (unpaired) electrons. The predicted octanol–water partition coefficient (Wildman–Crippen LogP) is 2.71. The minimum Gasteiger partial charge on any atom is -0.494 e. The molecule has 3 rings (SSSR count). The second-order valence-corrected chi connectivity index (χ2v) is 8.83. The van der Waals surface area contributed by atoms with Gasteiger partial charge >= 0.3 is 0 Å². The zero-order valence-corrected chi connectivity index (χ0v) is 20.8. The second-order valence-electron chi connectivity index (χ2n) is 8.83. The van der Waals surface area contributed by atoms with Crippen LogP contribution < -0.4 is 26.0 Å². The zero-order chi connectivity index (χ0) is 25.8. The van der Waals surface area contributed by atoms with E-state index in [9.17, 15) is 9.50 Å². The van der Waals surface area contributed by atoms with Crippen molar-refractivity contribution in [2.75, 3.05) is 62.6 Å². The van der Waals surface area contributed by atoms with Gasteiger partial charge in [-0.2, -0.15) is 9.37 Å². The van der Waals surface area contributed by atoms with E-state index in [0.717, 1.165) is 24.8 Å². The fourth-order valence-electron chi connectivity index (χ4n) is 3.35. The molecule has 188 valence electrons. The number of likely N-dealkylation sites (N-methyl/N-ethyl adjacent to an activating group) is 2. The first-order chi connectivity index (χ1) is 16.5. The Hall–Kier alpha value is -3.77. The third-order valence-corrected chi connectivity index (χ3v) is 5.24. The lowest BCUT2D eigenvalue weighted by Crippen LogP contribution is -2.29. The van der Waals surface area contributed by atoms with Crippen molar-refractivity contribution in [3.05, 3.63) is 42.2 Å². The Morgan fingerprint density at radius 3 is 2.29 bits per heavy atom. The van der Waals surface area contributed by atoms with E-state index in [-0.39, 0.29) is 11.9 Å². The Morgan fingerprint density at radius 2 is 1.69 bits per heavy atom. The molecule has 2 heterocycles. The van der Waals surface area contributed by atoms with Gasteiger partial charge in [-0.3, -0.25) is 0 Å². The number of nitrogens with two attached hydrogens (primary N) is 1. The van der Waals surface area contributed by atoms with Gasteiger partial charge in [0.15, 0.2) is 0 Å². The summed E-state index contributed by atoms with van der Waals surface area (Å²) in [5.74, 6) is 0.265. The molecule has 0 saturated heterocycles. The maximum absolute atomic E-state index is 13.7. The fraction of sp³-hybridized carbons (Fsp3) is 0.391. The van der Waals surface area contributed by atoms with Crippen molar-refractivity contribution < 1.29 is 14.2 Å². The van der Waals surface area contributed by atoms with E-state index in [0.29, 0.717) is 28.4 Å². The SMILES string of the molecule is COc1cc(N(C)CCN(C)C)c(N)cc1Nc1ncnc(Nc2cnc(F)cc2C(C)(C)O)n1. The van der Waals surface area contributed by atoms with Gasteiger partial charge in [0.1, 0.15) is 12.1 Å². The van der Waals surface area contributed by atoms with Crippen LogP contribution in [0.5, 0.6) is 5.75 Å². The molecule has 0 unspecified atom stereocenters. The summed E-state index contributed by atoms with van der Waals surface area (Å²) in [4.78, 5) is 20.4. The third-order valence-electron chi connectivity index (χ3n) is 5.24. The number of pyridine rings is 1. The van der Waals surface area contributed by atoms with Crippen LogP contribution in [0.2, 0.25) is 0 Å². The largest absolute Gasteiger partial charge is 0.494 e. The lowest BCUT2D eigenvalue weighted by molar-refractivity contribution is 0.0788. The van der Waals surface area contributed by atoms with Crippen LogP contribution in [-0.4, -0.2) is 71.3 Å². The van der Waals surface area contributed by atoms with E-state index in [4.69, 9.17) is 10.5 Å². The highest BCUT2D eigenvalue weighted by atomic mass is 19.1. The van der Waals surface area contributed by atoms with Gasteiger partial charge in [-0.15, -0.1) is 0 Å². The molecule has 0 fully saturated rings. The number of hydrogen-bond acceptors (Lipinski definition) is 11. The van der Waals surface area contributed by atoms with Crippen LogP contribution in [0, 0.1) is 5.95 Å². The molecular weight excluding hydrogens is 453 g/mol. The molecule has 35 heavy (non-hydrogen) atoms. The van der Waals surface area contributed by atoms with E-state index < -0.39 is 11.5 Å². The predicted molar refractivity (Wildman–Crippen MR) is 135 cm³/mol. The molecule has 0 aliphatic rings. The normalized spacial score (nSPS) is 11.5. The van der Waals surface area contributed by atoms with Gasteiger partial charge in [0.25, 0.3) is 0 Å². The number of nitrogen functional groups attached to an aromatic ring is 1.